The average Bonchev–Trinajstić information content (AvgIpc) is 2.73. The molecule has 0 N–H and O–H groups in total. The minimum Gasteiger partial charge on any atom is -0.477 e. The molecule has 0 fully saturated rings. The third kappa shape index (κ3) is 2.46. The Bertz CT molecular complexity index is 1020. The number of para-hydroxylation sites is 1. The molecule has 132 valence electrons. The van der Waals surface area contributed by atoms with Crippen molar-refractivity contribution in [2.75, 3.05) is 0 Å². The monoisotopic (exact) mass is 354 g/mol. The second kappa shape index (κ2) is 5.08. The number of Topliss-reactive ketones (excluding diaryl/α,β-unsaturated/α-hetero) is 1. The maximum Gasteiger partial charge on any atom is 0.431 e. The van der Waals surface area contributed by atoms with Crippen LogP contribution in [0.15, 0.2) is 33.9 Å². The third-order valence-electron chi connectivity index (χ3n) is 3.99. The van der Waals surface area contributed by atoms with E-state index < -0.39 is 28.7 Å². The quantitative estimate of drug-likeness (QED) is 0.784. The Balaban J connectivity index is 2.32. The summed E-state index contributed by atoms with van der Waals surface area (Å²) in [6.07, 6.45) is -4.85. The molecule has 0 unspecified atom stereocenters. The van der Waals surface area contributed by atoms with Gasteiger partial charge in [-0.05, 0) is 26.0 Å². The Hall–Kier alpha value is -2.84. The lowest BCUT2D eigenvalue weighted by molar-refractivity contribution is -0.144. The van der Waals surface area contributed by atoms with Crippen LogP contribution in [-0.2, 0) is 13.2 Å². The molecule has 2 aromatic rings. The summed E-state index contributed by atoms with van der Waals surface area (Å²) < 4.78 is 45.3. The van der Waals surface area contributed by atoms with Gasteiger partial charge in [-0.2, -0.15) is 13.2 Å². The SMILES string of the molecule is Cn1c(C(F)(F)F)cc(=O)n(-c2cccc3c2OC(C)(C)C3=O)c1=O. The van der Waals surface area contributed by atoms with Crippen molar-refractivity contribution in [2.24, 2.45) is 7.05 Å². The molecular weight excluding hydrogens is 341 g/mol. The summed E-state index contributed by atoms with van der Waals surface area (Å²) in [4.78, 5) is 36.9. The van der Waals surface area contributed by atoms with Crippen LogP contribution in [-0.4, -0.2) is 20.5 Å². The summed E-state index contributed by atoms with van der Waals surface area (Å²) in [6, 6.07) is 4.57. The molecule has 0 saturated carbocycles. The van der Waals surface area contributed by atoms with E-state index in [0.717, 1.165) is 7.05 Å². The van der Waals surface area contributed by atoms with Gasteiger partial charge in [-0.15, -0.1) is 0 Å². The Labute approximate surface area is 139 Å². The molecule has 0 saturated heterocycles. The number of ketones is 1. The van der Waals surface area contributed by atoms with Crippen molar-refractivity contribution < 1.29 is 22.7 Å². The third-order valence-corrected chi connectivity index (χ3v) is 3.99. The second-order valence-corrected chi connectivity index (χ2v) is 6.14. The van der Waals surface area contributed by atoms with E-state index in [1.807, 2.05) is 0 Å². The fraction of sp³-hybridized carbons (Fsp3) is 0.312. The Morgan fingerprint density at radius 3 is 2.36 bits per heavy atom. The fourth-order valence-electron chi connectivity index (χ4n) is 2.73. The zero-order valence-electron chi connectivity index (χ0n) is 13.5. The van der Waals surface area contributed by atoms with Crippen LogP contribution in [0.25, 0.3) is 5.69 Å². The van der Waals surface area contributed by atoms with Crippen molar-refractivity contribution in [3.63, 3.8) is 0 Å². The summed E-state index contributed by atoms with van der Waals surface area (Å²) in [5.41, 5.74) is -4.81. The number of hydrogen-bond donors (Lipinski definition) is 0. The number of carbonyl (C=O) groups is 1. The number of alkyl halides is 3. The van der Waals surface area contributed by atoms with Gasteiger partial charge in [0.15, 0.2) is 11.4 Å². The maximum atomic E-state index is 12.9. The fourth-order valence-corrected chi connectivity index (χ4v) is 2.73. The van der Waals surface area contributed by atoms with Gasteiger partial charge in [0.2, 0.25) is 5.78 Å². The number of halogens is 3. The highest BCUT2D eigenvalue weighted by Gasteiger charge is 2.42. The van der Waals surface area contributed by atoms with Crippen LogP contribution in [0.4, 0.5) is 13.2 Å². The van der Waals surface area contributed by atoms with Gasteiger partial charge < -0.3 is 4.74 Å². The number of benzene rings is 1. The molecule has 1 aromatic carbocycles. The number of hydrogen-bond acceptors (Lipinski definition) is 4. The number of ether oxygens (including phenoxy) is 1. The van der Waals surface area contributed by atoms with E-state index in [-0.39, 0.29) is 22.8 Å². The van der Waals surface area contributed by atoms with Crippen LogP contribution < -0.4 is 16.0 Å². The van der Waals surface area contributed by atoms with Gasteiger partial charge in [0.1, 0.15) is 5.69 Å². The van der Waals surface area contributed by atoms with Gasteiger partial charge in [-0.1, -0.05) is 6.07 Å². The molecule has 25 heavy (non-hydrogen) atoms. The molecule has 2 heterocycles. The number of rotatable bonds is 1. The number of fused-ring (bicyclic) bond motifs is 1. The molecule has 0 amide bonds. The lowest BCUT2D eigenvalue weighted by atomic mass is 9.99. The summed E-state index contributed by atoms with van der Waals surface area (Å²) >= 11 is 0. The van der Waals surface area contributed by atoms with Crippen LogP contribution in [0.5, 0.6) is 5.75 Å². The predicted octanol–water partition coefficient (Wildman–Crippen LogP) is 1.91. The normalized spacial score (nSPS) is 15.8. The molecule has 0 atom stereocenters. The minimum absolute atomic E-state index is 0.00328. The van der Waals surface area contributed by atoms with Crippen LogP contribution >= 0.6 is 0 Å². The van der Waals surface area contributed by atoms with E-state index in [2.05, 4.69) is 0 Å². The standard InChI is InChI=1S/C16H13F3N2O4/c1-15(2)13(23)8-5-4-6-9(12(8)25-15)21-11(22)7-10(16(17,18)19)20(3)14(21)24/h4-7H,1-3H3. The van der Waals surface area contributed by atoms with Gasteiger partial charge in [0, 0.05) is 13.1 Å². The lowest BCUT2D eigenvalue weighted by Crippen LogP contribution is -2.41. The molecule has 9 heteroatoms. The van der Waals surface area contributed by atoms with Crippen LogP contribution in [0.2, 0.25) is 0 Å². The van der Waals surface area contributed by atoms with Gasteiger partial charge in [-0.3, -0.25) is 14.2 Å². The van der Waals surface area contributed by atoms with Gasteiger partial charge in [0.05, 0.1) is 11.3 Å². The molecular formula is C16H13F3N2O4. The zero-order valence-corrected chi connectivity index (χ0v) is 13.5. The van der Waals surface area contributed by atoms with E-state index in [1.54, 1.807) is 0 Å². The molecule has 1 aliphatic heterocycles. The van der Waals surface area contributed by atoms with Crippen molar-refractivity contribution in [3.05, 3.63) is 56.4 Å². The van der Waals surface area contributed by atoms with E-state index in [9.17, 15) is 27.6 Å². The smallest absolute Gasteiger partial charge is 0.431 e. The van der Waals surface area contributed by atoms with Gasteiger partial charge in [0.25, 0.3) is 5.56 Å². The van der Waals surface area contributed by atoms with E-state index in [0.29, 0.717) is 15.2 Å². The summed E-state index contributed by atoms with van der Waals surface area (Å²) in [7, 11) is 0.917. The van der Waals surface area contributed by atoms with E-state index in [4.69, 9.17) is 4.74 Å². The molecule has 1 aliphatic rings. The summed E-state index contributed by atoms with van der Waals surface area (Å²) in [5.74, 6) is -0.349. The Morgan fingerprint density at radius 1 is 1.12 bits per heavy atom. The number of aromatic nitrogens is 2. The highest BCUT2D eigenvalue weighted by atomic mass is 19.4. The first-order valence-corrected chi connectivity index (χ1v) is 7.22. The van der Waals surface area contributed by atoms with Gasteiger partial charge >= 0.3 is 11.9 Å². The molecule has 1 aromatic heterocycles. The van der Waals surface area contributed by atoms with E-state index >= 15 is 0 Å². The number of nitrogens with zero attached hydrogens (tertiary/aromatic N) is 2. The largest absolute Gasteiger partial charge is 0.477 e. The highest BCUT2D eigenvalue weighted by Crippen LogP contribution is 2.38. The first kappa shape index (κ1) is 17.0. The molecule has 0 spiro atoms. The maximum absolute atomic E-state index is 12.9. The molecule has 6 nitrogen and oxygen atoms in total. The molecule has 3 rings (SSSR count). The molecule has 0 aliphatic carbocycles. The first-order valence-electron chi connectivity index (χ1n) is 7.22. The van der Waals surface area contributed by atoms with Crippen molar-refractivity contribution in [3.8, 4) is 11.4 Å². The second-order valence-electron chi connectivity index (χ2n) is 6.14. The average molecular weight is 354 g/mol. The lowest BCUT2D eigenvalue weighted by Gasteiger charge is -2.18. The summed E-state index contributed by atoms with van der Waals surface area (Å²) in [6.45, 7) is 3.04. The summed E-state index contributed by atoms with van der Waals surface area (Å²) in [5, 5.41) is 0. The Morgan fingerprint density at radius 2 is 1.76 bits per heavy atom. The molecule has 0 bridgehead atoms. The van der Waals surface area contributed by atoms with Crippen molar-refractivity contribution in [1.82, 2.24) is 9.13 Å². The number of carbonyl (C=O) groups excluding carboxylic acids is 1. The molecule has 0 radical (unpaired) electrons. The minimum atomic E-state index is -4.85. The highest BCUT2D eigenvalue weighted by molar-refractivity contribution is 6.07. The first-order chi connectivity index (χ1) is 11.4. The van der Waals surface area contributed by atoms with Crippen molar-refractivity contribution in [2.45, 2.75) is 25.6 Å². The van der Waals surface area contributed by atoms with Crippen LogP contribution in [0.3, 0.4) is 0 Å². The van der Waals surface area contributed by atoms with Crippen LogP contribution in [0.1, 0.15) is 29.9 Å². The van der Waals surface area contributed by atoms with Crippen LogP contribution in [0, 0.1) is 0 Å². The topological polar surface area (TPSA) is 70.3 Å². The zero-order chi connectivity index (χ0) is 18.7. The Kier molecular flexibility index (Phi) is 3.45. The van der Waals surface area contributed by atoms with Crippen molar-refractivity contribution >= 4 is 5.78 Å². The predicted molar refractivity (Wildman–Crippen MR) is 81.3 cm³/mol. The van der Waals surface area contributed by atoms with E-state index in [1.165, 1.54) is 32.0 Å². The van der Waals surface area contributed by atoms with Crippen molar-refractivity contribution in [1.29, 1.82) is 0 Å². The van der Waals surface area contributed by atoms with Gasteiger partial charge in [-0.25, -0.2) is 9.36 Å².